The van der Waals surface area contributed by atoms with Gasteiger partial charge in [-0.1, -0.05) is 56.0 Å². The van der Waals surface area contributed by atoms with Gasteiger partial charge in [0.15, 0.2) is 17.3 Å². The van der Waals surface area contributed by atoms with Crippen LogP contribution in [-0.4, -0.2) is 170 Å². The second-order valence-electron chi connectivity index (χ2n) is 29.2. The number of likely N-dealkylation sites (N-methyl/N-ethyl adjacent to an activating group) is 2. The van der Waals surface area contributed by atoms with Crippen LogP contribution in [0.15, 0.2) is 201 Å². The van der Waals surface area contributed by atoms with E-state index < -0.39 is 0 Å². The summed E-state index contributed by atoms with van der Waals surface area (Å²) in [7, 11) is 12.0. The van der Waals surface area contributed by atoms with Gasteiger partial charge >= 0.3 is 7.12 Å². The van der Waals surface area contributed by atoms with Gasteiger partial charge in [0.2, 0.25) is 0 Å². The number of aryl methyl sites for hydroxylation is 3. The predicted molar refractivity (Wildman–Crippen MR) is 434 cm³/mol. The van der Waals surface area contributed by atoms with E-state index in [1.165, 1.54) is 11.0 Å². The highest BCUT2D eigenvalue weighted by atomic mass is 127. The monoisotopic (exact) mass is 1540 g/mol. The van der Waals surface area contributed by atoms with E-state index in [1.807, 2.05) is 119 Å². The van der Waals surface area contributed by atoms with E-state index in [2.05, 4.69) is 192 Å². The van der Waals surface area contributed by atoms with Crippen molar-refractivity contribution in [2.45, 2.75) is 97.2 Å². The van der Waals surface area contributed by atoms with Crippen LogP contribution in [0.4, 0.5) is 0 Å². The molecule has 0 spiro atoms. The zero-order chi connectivity index (χ0) is 74.2. The number of pyridine rings is 6. The third-order valence-electron chi connectivity index (χ3n) is 20.6. The lowest BCUT2D eigenvalue weighted by Crippen LogP contribution is -2.41. The Bertz CT molecular complexity index is 5250. The van der Waals surface area contributed by atoms with Gasteiger partial charge in [0.05, 0.1) is 54.7 Å². The predicted octanol–water partition coefficient (Wildman–Crippen LogP) is 15.0. The molecule has 16 rings (SSSR count). The third-order valence-corrected chi connectivity index (χ3v) is 21.2. The van der Waals surface area contributed by atoms with Gasteiger partial charge in [-0.3, -0.25) is 58.3 Å². The molecule has 0 aliphatic carbocycles. The van der Waals surface area contributed by atoms with Crippen molar-refractivity contribution in [3.05, 3.63) is 250 Å². The number of fused-ring (bicyclic) bond motifs is 3. The number of halogens is 1. The molecular formula is C85H93BIN15O5. The van der Waals surface area contributed by atoms with E-state index in [1.54, 1.807) is 50.8 Å². The first kappa shape index (κ1) is 76.7. The maximum Gasteiger partial charge on any atom is 0.490 e. The number of aromatic nitrogens is 12. The zero-order valence-corrected chi connectivity index (χ0v) is 64.1. The molecule has 0 amide bonds. The van der Waals surface area contributed by atoms with E-state index >= 15 is 0 Å². The number of likely N-dealkylation sites (tertiary alicyclic amines) is 1. The van der Waals surface area contributed by atoms with Crippen molar-refractivity contribution in [2.75, 3.05) is 60.4 Å². The highest BCUT2D eigenvalue weighted by Gasteiger charge is 2.52. The van der Waals surface area contributed by atoms with Gasteiger partial charge in [0, 0.05) is 181 Å². The van der Waals surface area contributed by atoms with Crippen molar-refractivity contribution < 1.29 is 23.7 Å². The summed E-state index contributed by atoms with van der Waals surface area (Å²) in [5.41, 5.74) is 14.9. The number of benzene rings is 3. The van der Waals surface area contributed by atoms with Gasteiger partial charge in [0.1, 0.15) is 3.70 Å². The largest absolute Gasteiger partial charge is 0.490 e. The second kappa shape index (κ2) is 33.9. The van der Waals surface area contributed by atoms with Crippen molar-refractivity contribution in [3.8, 4) is 33.4 Å². The molecule has 4 aliphatic heterocycles. The lowest BCUT2D eigenvalue weighted by atomic mass is 9.75. The molecule has 20 nitrogen and oxygen atoms in total. The molecule has 4 aliphatic rings. The smallest absolute Gasteiger partial charge is 0.400 e. The molecule has 0 bridgehead atoms. The van der Waals surface area contributed by atoms with E-state index in [9.17, 15) is 14.4 Å². The Hall–Kier alpha value is -9.95. The van der Waals surface area contributed by atoms with Crippen molar-refractivity contribution >= 4 is 84.9 Å². The molecule has 0 N–H and O–H groups in total. The van der Waals surface area contributed by atoms with E-state index in [-0.39, 0.29) is 62.4 Å². The highest BCUT2D eigenvalue weighted by Crippen LogP contribution is 2.40. The van der Waals surface area contributed by atoms with Crippen LogP contribution in [0.2, 0.25) is 0 Å². The van der Waals surface area contributed by atoms with Gasteiger partial charge in [-0.05, 0) is 227 Å². The first-order chi connectivity index (χ1) is 51.0. The number of piperidine rings is 1. The summed E-state index contributed by atoms with van der Waals surface area (Å²) in [4.78, 5) is 72.2. The van der Waals surface area contributed by atoms with Crippen molar-refractivity contribution in [2.24, 2.45) is 21.1 Å². The average Bonchev–Trinajstić information content (AvgIpc) is 1.70. The first-order valence-corrected chi connectivity index (χ1v) is 37.1. The number of rotatable bonds is 15. The molecule has 3 aromatic carbocycles. The van der Waals surface area contributed by atoms with Gasteiger partial charge in [-0.25, -0.2) is 0 Å². The number of hydrogen-bond donors (Lipinski definition) is 0. The SMILES string of the molecule is C.CN1CC=C(B2OC(C)(C)C(C)(C)O2)CC1.CN1CC=C(c2cc(C(=O)Cc3cc4cc(-c5cnn(C)c5)ccc4cn3)ccn2)CC1.CN1CCC(c2cc(C(=O)Cc3cc4cc(-c5cnn(C)c5)ccc4cn3)ccn2)CC1.Cn1cc(-c2ccc3cnc(CC(=O)c4ccnc(I)c4)cc3c2)cn1. The van der Waals surface area contributed by atoms with Crippen LogP contribution in [0.25, 0.3) is 71.3 Å². The maximum absolute atomic E-state index is 13.0. The molecule has 12 aromatic rings. The Morgan fingerprint density at radius 3 is 1.28 bits per heavy atom. The normalized spacial score (nSPS) is 16.0. The number of nitrogens with zero attached hydrogens (tertiary/aromatic N) is 15. The second-order valence-corrected chi connectivity index (χ2v) is 30.3. The number of carbonyl (C=O) groups is 3. The lowest BCUT2D eigenvalue weighted by molar-refractivity contribution is 0.00578. The van der Waals surface area contributed by atoms with Crippen LogP contribution in [-0.2, 0) is 49.7 Å². The fourth-order valence-corrected chi connectivity index (χ4v) is 13.9. The minimum atomic E-state index is -0.220. The first-order valence-electron chi connectivity index (χ1n) is 36.1. The zero-order valence-electron chi connectivity index (χ0n) is 61.9. The van der Waals surface area contributed by atoms with Crippen molar-refractivity contribution in [1.29, 1.82) is 0 Å². The molecule has 2 fully saturated rings. The lowest BCUT2D eigenvalue weighted by Gasteiger charge is -2.32. The standard InChI is InChI=1S/C26H27N5O.C26H25N5O.C20H15IN4O.C12H22BNO2.CH4/c2*1-30-9-6-18(7-10-30)25-13-20(5-8-27-25)26(32)14-24-12-22-11-19(3-4-21(22)15-28-24)23-16-29-31(2)17-23;1-25-12-17(11-24-25)13-2-3-15-10-23-18(7-16(15)6-13)9-19(26)14-4-5-22-20(21)8-14;1-11(2)12(3,4)16-13(15-11)10-6-8-14(5)9-7-10;/h3-5,8,11-13,15-18H,6-7,9-10,14H2,1-2H3;3-6,8,11-13,15-17H,7,9-10,14H2,1-2H3;2-8,10-12H,9H2,1H3;6H,7-9H2,1-5H3;1H4. The van der Waals surface area contributed by atoms with E-state index in [0.717, 1.165) is 168 Å². The molecule has 9 aromatic heterocycles. The number of carbonyl (C=O) groups excluding carboxylic acids is 3. The maximum atomic E-state index is 13.0. The van der Waals surface area contributed by atoms with Crippen LogP contribution in [0.5, 0.6) is 0 Å². The van der Waals surface area contributed by atoms with Gasteiger partial charge < -0.3 is 24.0 Å². The van der Waals surface area contributed by atoms with Crippen LogP contribution in [0.1, 0.15) is 126 Å². The van der Waals surface area contributed by atoms with Gasteiger partial charge in [0.25, 0.3) is 0 Å². The molecular weight excluding hydrogens is 1450 g/mol. The minimum Gasteiger partial charge on any atom is -0.400 e. The number of Topliss-reactive ketones (excluding diaryl/α,β-unsaturated/α-hetero) is 3. The summed E-state index contributed by atoms with van der Waals surface area (Å²) in [6.07, 6.45) is 31.6. The summed E-state index contributed by atoms with van der Waals surface area (Å²) in [5, 5.41) is 19.1. The quantitative estimate of drug-likeness (QED) is 0.0404. The molecule has 2 saturated heterocycles. The average molecular weight is 1540 g/mol. The Labute approximate surface area is 640 Å². The summed E-state index contributed by atoms with van der Waals surface area (Å²) in [6, 6.07) is 35.8. The van der Waals surface area contributed by atoms with Crippen LogP contribution < -0.4 is 0 Å². The number of ketones is 3. The van der Waals surface area contributed by atoms with Gasteiger partial charge in [-0.2, -0.15) is 15.3 Å². The summed E-state index contributed by atoms with van der Waals surface area (Å²) in [6.45, 7) is 14.6. The van der Waals surface area contributed by atoms with Crippen molar-refractivity contribution in [1.82, 2.24) is 73.9 Å². The van der Waals surface area contributed by atoms with E-state index in [4.69, 9.17) is 9.31 Å². The minimum absolute atomic E-state index is 0. The summed E-state index contributed by atoms with van der Waals surface area (Å²) >= 11 is 2.11. The fraction of sp³-hybridized carbons (Fsp3) is 0.318. The summed E-state index contributed by atoms with van der Waals surface area (Å²) < 4.78 is 18.2. The Morgan fingerprint density at radius 2 is 0.869 bits per heavy atom. The molecule has 22 heteroatoms. The molecule has 548 valence electrons. The topological polar surface area (TPSA) is 210 Å². The Balaban J connectivity index is 0.000000137. The molecule has 0 unspecified atom stereocenters. The van der Waals surface area contributed by atoms with Gasteiger partial charge in [-0.15, -0.1) is 0 Å². The molecule has 0 atom stereocenters. The molecule has 0 saturated carbocycles. The number of hydrogen-bond acceptors (Lipinski definition) is 17. The third kappa shape index (κ3) is 19.3. The highest BCUT2D eigenvalue weighted by molar-refractivity contribution is 14.1. The molecule has 0 radical (unpaired) electrons. The fourth-order valence-electron chi connectivity index (χ4n) is 13.4. The van der Waals surface area contributed by atoms with Crippen molar-refractivity contribution in [3.63, 3.8) is 0 Å². The Kier molecular flexibility index (Phi) is 24.3. The molecule has 107 heavy (non-hydrogen) atoms. The van der Waals surface area contributed by atoms with Crippen LogP contribution >= 0.6 is 22.6 Å². The van der Waals surface area contributed by atoms with Crippen LogP contribution in [0, 0.1) is 3.70 Å². The molecule has 13 heterocycles. The van der Waals surface area contributed by atoms with Crippen LogP contribution in [0.3, 0.4) is 0 Å². The Morgan fingerprint density at radius 1 is 0.449 bits per heavy atom. The van der Waals surface area contributed by atoms with E-state index in [0.29, 0.717) is 17.0 Å². The summed E-state index contributed by atoms with van der Waals surface area (Å²) in [5.74, 6) is 0.610.